The fraction of sp³-hybridized carbons (Fsp3) is 0. The summed E-state index contributed by atoms with van der Waals surface area (Å²) in [6, 6.07) is 16.0. The second-order valence-corrected chi connectivity index (χ2v) is 5.82. The van der Waals surface area contributed by atoms with Gasteiger partial charge in [-0.1, -0.05) is 30.3 Å². The maximum Gasteiger partial charge on any atom is 0.178 e. The molecule has 0 bridgehead atoms. The summed E-state index contributed by atoms with van der Waals surface area (Å²) in [6.45, 7) is 0. The van der Waals surface area contributed by atoms with Gasteiger partial charge in [-0.2, -0.15) is 0 Å². The number of nitrogens with one attached hydrogen (secondary N) is 1. The smallest absolute Gasteiger partial charge is 0.178 e. The summed E-state index contributed by atoms with van der Waals surface area (Å²) in [5.41, 5.74) is 4.70. The summed E-state index contributed by atoms with van der Waals surface area (Å²) in [5.74, 6) is 0.813. The lowest BCUT2D eigenvalue weighted by molar-refractivity contribution is 1.29. The largest absolute Gasteiger partial charge is 0.337 e. The Bertz CT molecular complexity index is 930. The van der Waals surface area contributed by atoms with Gasteiger partial charge in [-0.05, 0) is 34.1 Å². The average Bonchev–Trinajstić information content (AvgIpc) is 2.99. The Morgan fingerprint density at radius 3 is 2.50 bits per heavy atom. The lowest BCUT2D eigenvalue weighted by Gasteiger charge is -2.01. The van der Waals surface area contributed by atoms with E-state index in [1.165, 1.54) is 0 Å². The molecule has 0 saturated heterocycles. The molecule has 0 aliphatic heterocycles. The molecule has 3 heterocycles. The van der Waals surface area contributed by atoms with Crippen LogP contribution in [0.1, 0.15) is 0 Å². The van der Waals surface area contributed by atoms with Gasteiger partial charge in [0, 0.05) is 28.0 Å². The van der Waals surface area contributed by atoms with Gasteiger partial charge in [-0.3, -0.25) is 4.98 Å². The number of rotatable bonds is 2. The van der Waals surface area contributed by atoms with Gasteiger partial charge in [0.1, 0.15) is 5.82 Å². The number of imidazole rings is 1. The monoisotopic (exact) mass is 350 g/mol. The predicted molar refractivity (Wildman–Crippen MR) is 90.3 cm³/mol. The molecule has 0 atom stereocenters. The molecule has 1 aromatic carbocycles. The zero-order valence-electron chi connectivity index (χ0n) is 11.5. The highest BCUT2D eigenvalue weighted by Crippen LogP contribution is 2.24. The van der Waals surface area contributed by atoms with E-state index in [0.29, 0.717) is 5.65 Å². The molecule has 4 aromatic rings. The highest BCUT2D eigenvalue weighted by Gasteiger charge is 2.07. The van der Waals surface area contributed by atoms with E-state index >= 15 is 0 Å². The van der Waals surface area contributed by atoms with Crippen LogP contribution in [-0.2, 0) is 0 Å². The topological polar surface area (TPSA) is 54.5 Å². The standard InChI is InChI=1S/C17H11BrN4/c18-13-9-15-17(20-10-13)22-16(21-15)12-6-4-11(5-7-12)14-3-1-2-8-19-14/h1-10H,(H,20,21,22). The van der Waals surface area contributed by atoms with Crippen LogP contribution in [0, 0.1) is 0 Å². The van der Waals surface area contributed by atoms with Crippen molar-refractivity contribution >= 4 is 27.1 Å². The van der Waals surface area contributed by atoms with Crippen molar-refractivity contribution in [3.63, 3.8) is 0 Å². The fourth-order valence-electron chi connectivity index (χ4n) is 2.34. The van der Waals surface area contributed by atoms with Gasteiger partial charge in [0.2, 0.25) is 0 Å². The first kappa shape index (κ1) is 13.2. The number of hydrogen-bond acceptors (Lipinski definition) is 3. The number of hydrogen-bond donors (Lipinski definition) is 1. The highest BCUT2D eigenvalue weighted by atomic mass is 79.9. The summed E-state index contributed by atoms with van der Waals surface area (Å²) >= 11 is 3.42. The Balaban J connectivity index is 1.73. The highest BCUT2D eigenvalue weighted by molar-refractivity contribution is 9.10. The molecule has 0 spiro atoms. The SMILES string of the molecule is Brc1cnc2nc(-c3ccc(-c4ccccn4)cc3)[nH]c2c1. The lowest BCUT2D eigenvalue weighted by atomic mass is 10.1. The summed E-state index contributed by atoms with van der Waals surface area (Å²) in [7, 11) is 0. The average molecular weight is 351 g/mol. The molecule has 3 aromatic heterocycles. The molecule has 0 fully saturated rings. The zero-order valence-corrected chi connectivity index (χ0v) is 13.1. The van der Waals surface area contributed by atoms with Crippen LogP contribution in [0.15, 0.2) is 65.4 Å². The van der Waals surface area contributed by atoms with E-state index in [4.69, 9.17) is 0 Å². The molecule has 0 unspecified atom stereocenters. The first-order valence-electron chi connectivity index (χ1n) is 6.83. The quantitative estimate of drug-likeness (QED) is 0.581. The van der Waals surface area contributed by atoms with Gasteiger partial charge in [0.15, 0.2) is 5.65 Å². The van der Waals surface area contributed by atoms with Crippen molar-refractivity contribution in [2.24, 2.45) is 0 Å². The molecule has 4 nitrogen and oxygen atoms in total. The third-order valence-electron chi connectivity index (χ3n) is 3.42. The van der Waals surface area contributed by atoms with Crippen LogP contribution in [0.25, 0.3) is 33.8 Å². The minimum Gasteiger partial charge on any atom is -0.337 e. The van der Waals surface area contributed by atoms with E-state index < -0.39 is 0 Å². The summed E-state index contributed by atoms with van der Waals surface area (Å²) < 4.78 is 0.931. The number of pyridine rings is 2. The van der Waals surface area contributed by atoms with Crippen LogP contribution < -0.4 is 0 Å². The Morgan fingerprint density at radius 2 is 1.73 bits per heavy atom. The normalized spacial score (nSPS) is 11.0. The Hall–Kier alpha value is -2.53. The fourth-order valence-corrected chi connectivity index (χ4v) is 2.67. The molecule has 1 N–H and O–H groups in total. The van der Waals surface area contributed by atoms with Crippen molar-refractivity contribution in [1.82, 2.24) is 19.9 Å². The molecule has 0 saturated carbocycles. The summed E-state index contributed by atoms with van der Waals surface area (Å²) in [5, 5.41) is 0. The van der Waals surface area contributed by atoms with Crippen LogP contribution in [0.5, 0.6) is 0 Å². The van der Waals surface area contributed by atoms with Gasteiger partial charge < -0.3 is 4.98 Å². The summed E-state index contributed by atoms with van der Waals surface area (Å²) in [6.07, 6.45) is 3.54. The van der Waals surface area contributed by atoms with E-state index in [-0.39, 0.29) is 0 Å². The Kier molecular flexibility index (Phi) is 3.20. The second-order valence-electron chi connectivity index (χ2n) is 4.90. The van der Waals surface area contributed by atoms with Crippen LogP contribution >= 0.6 is 15.9 Å². The lowest BCUT2D eigenvalue weighted by Crippen LogP contribution is -1.84. The molecule has 0 amide bonds. The molecule has 0 aliphatic carbocycles. The molecular weight excluding hydrogens is 340 g/mol. The summed E-state index contributed by atoms with van der Waals surface area (Å²) in [4.78, 5) is 16.5. The van der Waals surface area contributed by atoms with E-state index in [9.17, 15) is 0 Å². The number of aromatic amines is 1. The van der Waals surface area contributed by atoms with Crippen molar-refractivity contribution in [1.29, 1.82) is 0 Å². The number of H-pyrrole nitrogens is 1. The number of nitrogens with zero attached hydrogens (tertiary/aromatic N) is 3. The molecule has 22 heavy (non-hydrogen) atoms. The van der Waals surface area contributed by atoms with Crippen molar-refractivity contribution in [3.05, 3.63) is 65.4 Å². The first-order valence-corrected chi connectivity index (χ1v) is 7.62. The van der Waals surface area contributed by atoms with Crippen LogP contribution in [0.2, 0.25) is 0 Å². The third kappa shape index (κ3) is 2.40. The maximum atomic E-state index is 4.52. The van der Waals surface area contributed by atoms with Gasteiger partial charge in [-0.15, -0.1) is 0 Å². The zero-order chi connectivity index (χ0) is 14.9. The minimum atomic E-state index is 0.715. The van der Waals surface area contributed by atoms with Gasteiger partial charge >= 0.3 is 0 Å². The molecule has 0 radical (unpaired) electrons. The van der Waals surface area contributed by atoms with Crippen molar-refractivity contribution in [2.75, 3.05) is 0 Å². The van der Waals surface area contributed by atoms with E-state index in [0.717, 1.165) is 32.6 Å². The number of halogens is 1. The van der Waals surface area contributed by atoms with Gasteiger partial charge in [0.25, 0.3) is 0 Å². The minimum absolute atomic E-state index is 0.715. The van der Waals surface area contributed by atoms with Crippen LogP contribution in [0.3, 0.4) is 0 Å². The predicted octanol–water partition coefficient (Wildman–Crippen LogP) is 4.45. The van der Waals surface area contributed by atoms with Gasteiger partial charge in [0.05, 0.1) is 11.2 Å². The van der Waals surface area contributed by atoms with E-state index in [1.54, 1.807) is 12.4 Å². The molecular formula is C17H11BrN4. The van der Waals surface area contributed by atoms with E-state index in [2.05, 4.69) is 35.9 Å². The second kappa shape index (κ2) is 5.35. The van der Waals surface area contributed by atoms with Gasteiger partial charge in [-0.25, -0.2) is 9.97 Å². The van der Waals surface area contributed by atoms with Crippen molar-refractivity contribution < 1.29 is 0 Å². The van der Waals surface area contributed by atoms with Crippen molar-refractivity contribution in [3.8, 4) is 22.6 Å². The van der Waals surface area contributed by atoms with Crippen LogP contribution in [0.4, 0.5) is 0 Å². The number of benzene rings is 1. The maximum absolute atomic E-state index is 4.52. The number of aromatic nitrogens is 4. The van der Waals surface area contributed by atoms with Crippen molar-refractivity contribution in [2.45, 2.75) is 0 Å². The Morgan fingerprint density at radius 1 is 0.909 bits per heavy atom. The van der Waals surface area contributed by atoms with E-state index in [1.807, 2.05) is 48.5 Å². The third-order valence-corrected chi connectivity index (χ3v) is 3.86. The first-order chi connectivity index (χ1) is 10.8. The molecule has 4 rings (SSSR count). The molecule has 106 valence electrons. The van der Waals surface area contributed by atoms with Crippen LogP contribution in [-0.4, -0.2) is 19.9 Å². The number of fused-ring (bicyclic) bond motifs is 1. The molecule has 0 aliphatic rings. The molecule has 5 heteroatoms. The Labute approximate surface area is 135 Å².